The summed E-state index contributed by atoms with van der Waals surface area (Å²) in [6.45, 7) is 1.42. The number of hydrogen-bond donors (Lipinski definition) is 2. The second-order valence-electron chi connectivity index (χ2n) is 4.05. The van der Waals surface area contributed by atoms with E-state index in [-0.39, 0.29) is 5.56 Å². The molecular formula is C11H15N3O2S. The van der Waals surface area contributed by atoms with Gasteiger partial charge >= 0.3 is 5.97 Å². The predicted molar refractivity (Wildman–Crippen MR) is 66.1 cm³/mol. The molecule has 1 saturated heterocycles. The first-order chi connectivity index (χ1) is 8.27. The Kier molecular flexibility index (Phi) is 4.33. The van der Waals surface area contributed by atoms with Crippen molar-refractivity contribution >= 4 is 17.7 Å². The van der Waals surface area contributed by atoms with E-state index in [2.05, 4.69) is 15.3 Å². The molecule has 1 aliphatic heterocycles. The van der Waals surface area contributed by atoms with Gasteiger partial charge in [0.2, 0.25) is 0 Å². The van der Waals surface area contributed by atoms with Gasteiger partial charge in [-0.1, -0.05) is 0 Å². The highest BCUT2D eigenvalue weighted by Gasteiger charge is 2.16. The van der Waals surface area contributed by atoms with E-state index in [1.54, 1.807) is 0 Å². The Morgan fingerprint density at radius 3 is 3.24 bits per heavy atom. The van der Waals surface area contributed by atoms with E-state index in [0.29, 0.717) is 18.2 Å². The van der Waals surface area contributed by atoms with Gasteiger partial charge in [0.15, 0.2) is 0 Å². The molecular weight excluding hydrogens is 238 g/mol. The summed E-state index contributed by atoms with van der Waals surface area (Å²) in [7, 11) is 0. The third kappa shape index (κ3) is 3.41. The van der Waals surface area contributed by atoms with E-state index in [9.17, 15) is 4.79 Å². The molecule has 1 aliphatic rings. The molecule has 0 aromatic carbocycles. The molecule has 0 radical (unpaired) electrons. The number of nitrogens with one attached hydrogen (secondary N) is 1. The Hall–Kier alpha value is -1.14. The van der Waals surface area contributed by atoms with E-state index in [1.807, 2.05) is 11.8 Å². The second kappa shape index (κ2) is 5.97. The Morgan fingerprint density at radius 2 is 2.53 bits per heavy atom. The first-order valence-corrected chi connectivity index (χ1v) is 6.73. The maximum Gasteiger partial charge on any atom is 0.339 e. The van der Waals surface area contributed by atoms with Crippen molar-refractivity contribution < 1.29 is 9.90 Å². The molecule has 17 heavy (non-hydrogen) atoms. The molecule has 2 heterocycles. The maximum atomic E-state index is 10.9. The van der Waals surface area contributed by atoms with Gasteiger partial charge in [-0.05, 0) is 30.4 Å². The number of thioether (sulfide) groups is 1. The molecule has 5 nitrogen and oxygen atoms in total. The topological polar surface area (TPSA) is 75.1 Å². The number of aromatic carboxylic acids is 1. The van der Waals surface area contributed by atoms with Crippen molar-refractivity contribution in [1.82, 2.24) is 15.3 Å². The highest BCUT2D eigenvalue weighted by atomic mass is 32.2. The summed E-state index contributed by atoms with van der Waals surface area (Å²) < 4.78 is 0. The van der Waals surface area contributed by atoms with Crippen LogP contribution in [0, 0.1) is 5.92 Å². The summed E-state index contributed by atoms with van der Waals surface area (Å²) in [6, 6.07) is 0. The van der Waals surface area contributed by atoms with Crippen molar-refractivity contribution in [2.45, 2.75) is 13.0 Å². The molecule has 1 unspecified atom stereocenters. The van der Waals surface area contributed by atoms with Gasteiger partial charge < -0.3 is 10.4 Å². The van der Waals surface area contributed by atoms with E-state index in [1.165, 1.54) is 30.5 Å². The second-order valence-corrected chi connectivity index (χ2v) is 5.20. The summed E-state index contributed by atoms with van der Waals surface area (Å²) in [4.78, 5) is 18.7. The molecule has 0 aliphatic carbocycles. The molecule has 6 heteroatoms. The molecule has 1 fully saturated rings. The van der Waals surface area contributed by atoms with Crippen LogP contribution in [0.3, 0.4) is 0 Å². The lowest BCUT2D eigenvalue weighted by atomic mass is 10.1. The van der Waals surface area contributed by atoms with Gasteiger partial charge in [-0.15, -0.1) is 0 Å². The van der Waals surface area contributed by atoms with Crippen molar-refractivity contribution in [1.29, 1.82) is 0 Å². The number of rotatable bonds is 5. The van der Waals surface area contributed by atoms with E-state index < -0.39 is 5.97 Å². The van der Waals surface area contributed by atoms with Crippen LogP contribution in [-0.2, 0) is 6.54 Å². The van der Waals surface area contributed by atoms with Gasteiger partial charge in [0.25, 0.3) is 0 Å². The monoisotopic (exact) mass is 253 g/mol. The van der Waals surface area contributed by atoms with Crippen LogP contribution >= 0.6 is 11.8 Å². The average molecular weight is 253 g/mol. The maximum absolute atomic E-state index is 10.9. The standard InChI is InChI=1S/C11H15N3O2S/c15-11(16)9-4-13-7-14-10(9)5-12-3-8-1-2-17-6-8/h4,7-8,12H,1-3,5-6H2,(H,15,16). The minimum absolute atomic E-state index is 0.181. The van der Waals surface area contributed by atoms with Crippen molar-refractivity contribution in [3.05, 3.63) is 23.8 Å². The van der Waals surface area contributed by atoms with Crippen LogP contribution in [0.15, 0.2) is 12.5 Å². The Balaban J connectivity index is 1.87. The molecule has 0 amide bonds. The number of carboxylic acids is 1. The van der Waals surface area contributed by atoms with Crippen molar-refractivity contribution in [2.24, 2.45) is 5.92 Å². The lowest BCUT2D eigenvalue weighted by molar-refractivity contribution is 0.0694. The predicted octanol–water partition coefficient (Wildman–Crippen LogP) is 1.02. The number of carbonyl (C=O) groups is 1. The van der Waals surface area contributed by atoms with E-state index in [0.717, 1.165) is 6.54 Å². The minimum atomic E-state index is -0.973. The summed E-state index contributed by atoms with van der Waals surface area (Å²) in [5, 5.41) is 12.2. The lowest BCUT2D eigenvalue weighted by Gasteiger charge is -2.10. The zero-order valence-corrected chi connectivity index (χ0v) is 10.2. The van der Waals surface area contributed by atoms with Gasteiger partial charge in [0, 0.05) is 12.7 Å². The lowest BCUT2D eigenvalue weighted by Crippen LogP contribution is -2.24. The fourth-order valence-corrected chi connectivity index (χ4v) is 3.10. The van der Waals surface area contributed by atoms with Crippen LogP contribution in [0.4, 0.5) is 0 Å². The summed E-state index contributed by atoms with van der Waals surface area (Å²) in [5.74, 6) is 2.16. The molecule has 0 spiro atoms. The van der Waals surface area contributed by atoms with Gasteiger partial charge in [0.1, 0.15) is 11.9 Å². The molecule has 2 N–H and O–H groups in total. The zero-order valence-electron chi connectivity index (χ0n) is 9.43. The molecule has 1 aromatic rings. The molecule has 92 valence electrons. The fourth-order valence-electron chi connectivity index (χ4n) is 1.81. The van der Waals surface area contributed by atoms with Crippen LogP contribution in [0.2, 0.25) is 0 Å². The average Bonchev–Trinajstić information content (AvgIpc) is 2.82. The summed E-state index contributed by atoms with van der Waals surface area (Å²) in [5.41, 5.74) is 0.735. The fraction of sp³-hybridized carbons (Fsp3) is 0.545. The van der Waals surface area contributed by atoms with Crippen LogP contribution < -0.4 is 5.32 Å². The number of nitrogens with zero attached hydrogens (tertiary/aromatic N) is 2. The number of aromatic nitrogens is 2. The third-order valence-electron chi connectivity index (χ3n) is 2.77. The molecule has 2 rings (SSSR count). The van der Waals surface area contributed by atoms with Gasteiger partial charge in [-0.3, -0.25) is 0 Å². The van der Waals surface area contributed by atoms with Crippen molar-refractivity contribution in [3.63, 3.8) is 0 Å². The SMILES string of the molecule is O=C(O)c1cncnc1CNCC1CCSC1. The molecule has 0 bridgehead atoms. The van der Waals surface area contributed by atoms with Crippen LogP contribution in [-0.4, -0.2) is 39.1 Å². The summed E-state index contributed by atoms with van der Waals surface area (Å²) >= 11 is 1.98. The quantitative estimate of drug-likeness (QED) is 0.816. The molecule has 1 aromatic heterocycles. The molecule has 1 atom stereocenters. The smallest absolute Gasteiger partial charge is 0.339 e. The van der Waals surface area contributed by atoms with Gasteiger partial charge in [0.05, 0.1) is 5.69 Å². The number of hydrogen-bond acceptors (Lipinski definition) is 5. The third-order valence-corrected chi connectivity index (χ3v) is 4.01. The highest BCUT2D eigenvalue weighted by Crippen LogP contribution is 2.22. The van der Waals surface area contributed by atoms with Gasteiger partial charge in [-0.2, -0.15) is 11.8 Å². The number of carboxylic acid groups (broad SMARTS) is 1. The van der Waals surface area contributed by atoms with Crippen molar-refractivity contribution in [2.75, 3.05) is 18.1 Å². The zero-order chi connectivity index (χ0) is 12.1. The molecule has 0 saturated carbocycles. The highest BCUT2D eigenvalue weighted by molar-refractivity contribution is 7.99. The normalized spacial score (nSPS) is 19.4. The van der Waals surface area contributed by atoms with Crippen molar-refractivity contribution in [3.8, 4) is 0 Å². The van der Waals surface area contributed by atoms with Crippen LogP contribution in [0.5, 0.6) is 0 Å². The van der Waals surface area contributed by atoms with E-state index in [4.69, 9.17) is 5.11 Å². The Bertz CT molecular complexity index is 394. The van der Waals surface area contributed by atoms with Gasteiger partial charge in [-0.25, -0.2) is 14.8 Å². The Labute approximate surface area is 104 Å². The first-order valence-electron chi connectivity index (χ1n) is 5.58. The van der Waals surface area contributed by atoms with E-state index >= 15 is 0 Å². The largest absolute Gasteiger partial charge is 0.478 e. The minimum Gasteiger partial charge on any atom is -0.478 e. The first kappa shape index (κ1) is 12.3. The summed E-state index contributed by atoms with van der Waals surface area (Å²) in [6.07, 6.45) is 3.97. The van der Waals surface area contributed by atoms with Crippen LogP contribution in [0.25, 0.3) is 0 Å². The van der Waals surface area contributed by atoms with Crippen LogP contribution in [0.1, 0.15) is 22.5 Å². The Morgan fingerprint density at radius 1 is 1.65 bits per heavy atom.